The van der Waals surface area contributed by atoms with Crippen LogP contribution < -0.4 is 0 Å². The molecule has 2 rings (SSSR count). The summed E-state index contributed by atoms with van der Waals surface area (Å²) in [4.78, 5) is 15.1. The fraction of sp³-hybridized carbons (Fsp3) is 0.556. The first-order valence-corrected chi connectivity index (χ1v) is 4.48. The molecule has 1 saturated carbocycles. The molecular formula is C9H11N3O. The van der Waals surface area contributed by atoms with Gasteiger partial charge in [-0.2, -0.15) is 5.10 Å². The topological polar surface area (TPSA) is 55.7 Å². The van der Waals surface area contributed by atoms with E-state index in [1.54, 1.807) is 6.20 Å². The molecule has 4 nitrogen and oxygen atoms in total. The maximum Gasteiger partial charge on any atom is 0.217 e. The van der Waals surface area contributed by atoms with Crippen LogP contribution >= 0.6 is 0 Å². The van der Waals surface area contributed by atoms with Crippen LogP contribution in [-0.2, 0) is 0 Å². The zero-order valence-corrected chi connectivity index (χ0v) is 7.53. The highest BCUT2D eigenvalue weighted by Gasteiger charge is 2.22. The van der Waals surface area contributed by atoms with Crippen LogP contribution in [0.25, 0.3) is 0 Å². The van der Waals surface area contributed by atoms with Gasteiger partial charge < -0.3 is 0 Å². The second-order valence-electron chi connectivity index (χ2n) is 3.39. The van der Waals surface area contributed by atoms with Crippen LogP contribution in [0.4, 0.5) is 0 Å². The van der Waals surface area contributed by atoms with Crippen LogP contribution in [0.2, 0.25) is 0 Å². The molecule has 0 unspecified atom stereocenters. The minimum Gasteiger partial charge on any atom is -0.291 e. The lowest BCUT2D eigenvalue weighted by molar-refractivity contribution is 0.100. The van der Waals surface area contributed by atoms with Crippen LogP contribution in [0.15, 0.2) is 6.20 Å². The third kappa shape index (κ3) is 1.56. The van der Waals surface area contributed by atoms with Crippen molar-refractivity contribution < 1.29 is 4.79 Å². The van der Waals surface area contributed by atoms with Gasteiger partial charge in [0.1, 0.15) is 0 Å². The lowest BCUT2D eigenvalue weighted by atomic mass is 9.83. The van der Waals surface area contributed by atoms with Gasteiger partial charge in [0.25, 0.3) is 0 Å². The van der Waals surface area contributed by atoms with Gasteiger partial charge in [0.15, 0.2) is 5.78 Å². The maximum absolute atomic E-state index is 11.0. The van der Waals surface area contributed by atoms with Gasteiger partial charge in [-0.15, -0.1) is 5.10 Å². The maximum atomic E-state index is 11.0. The third-order valence-electron chi connectivity index (χ3n) is 2.42. The Morgan fingerprint density at radius 2 is 2.31 bits per heavy atom. The zero-order valence-electron chi connectivity index (χ0n) is 7.53. The summed E-state index contributed by atoms with van der Waals surface area (Å²) in [6.45, 7) is 1.46. The predicted octanol–water partition coefficient (Wildman–Crippen LogP) is 1.34. The van der Waals surface area contributed by atoms with Crippen molar-refractivity contribution >= 4 is 5.78 Å². The first-order chi connectivity index (χ1) is 6.27. The standard InChI is InChI=1S/C9H11N3O/c1-6(13)9-11-8(5-10-12-9)7-3-2-4-7/h5,7H,2-4H2,1H3. The number of carbonyl (C=O) groups excluding carboxylic acids is 1. The van der Waals surface area contributed by atoms with E-state index in [1.165, 1.54) is 13.3 Å². The average Bonchev–Trinajstić information content (AvgIpc) is 2.01. The van der Waals surface area contributed by atoms with E-state index in [2.05, 4.69) is 15.2 Å². The molecule has 0 bridgehead atoms. The summed E-state index contributed by atoms with van der Waals surface area (Å²) in [7, 11) is 0. The molecule has 1 aliphatic rings. The minimum absolute atomic E-state index is 0.117. The van der Waals surface area contributed by atoms with E-state index in [1.807, 2.05) is 0 Å². The number of hydrogen-bond acceptors (Lipinski definition) is 4. The van der Waals surface area contributed by atoms with Crippen molar-refractivity contribution in [3.63, 3.8) is 0 Å². The summed E-state index contributed by atoms with van der Waals surface area (Å²) < 4.78 is 0. The fourth-order valence-electron chi connectivity index (χ4n) is 1.37. The Kier molecular flexibility index (Phi) is 2.04. The van der Waals surface area contributed by atoms with Gasteiger partial charge in [-0.1, -0.05) is 6.42 Å². The van der Waals surface area contributed by atoms with Crippen LogP contribution in [0.5, 0.6) is 0 Å². The molecule has 0 spiro atoms. The molecule has 13 heavy (non-hydrogen) atoms. The van der Waals surface area contributed by atoms with E-state index in [0.29, 0.717) is 5.92 Å². The molecule has 68 valence electrons. The van der Waals surface area contributed by atoms with Crippen molar-refractivity contribution in [2.24, 2.45) is 0 Å². The molecule has 1 aromatic heterocycles. The van der Waals surface area contributed by atoms with Crippen molar-refractivity contribution in [3.8, 4) is 0 Å². The number of carbonyl (C=O) groups is 1. The Labute approximate surface area is 76.4 Å². The molecule has 0 aromatic carbocycles. The second kappa shape index (κ2) is 3.20. The molecule has 0 atom stereocenters. The summed E-state index contributed by atoms with van der Waals surface area (Å²) in [5.41, 5.74) is 0.923. The lowest BCUT2D eigenvalue weighted by Gasteiger charge is -2.23. The van der Waals surface area contributed by atoms with E-state index in [0.717, 1.165) is 18.5 Å². The number of nitrogens with zero attached hydrogens (tertiary/aromatic N) is 3. The Balaban J connectivity index is 2.26. The van der Waals surface area contributed by atoms with Crippen LogP contribution in [0.1, 0.15) is 48.4 Å². The largest absolute Gasteiger partial charge is 0.291 e. The zero-order chi connectivity index (χ0) is 9.26. The second-order valence-corrected chi connectivity index (χ2v) is 3.39. The Bertz CT molecular complexity index is 333. The molecule has 1 heterocycles. The number of hydrogen-bond donors (Lipinski definition) is 0. The van der Waals surface area contributed by atoms with Crippen molar-refractivity contribution in [2.75, 3.05) is 0 Å². The summed E-state index contributed by atoms with van der Waals surface area (Å²) in [5.74, 6) is 0.631. The number of aromatic nitrogens is 3. The number of Topliss-reactive ketones (excluding diaryl/α,β-unsaturated/α-hetero) is 1. The van der Waals surface area contributed by atoms with Gasteiger partial charge in [0.2, 0.25) is 5.82 Å². The summed E-state index contributed by atoms with van der Waals surface area (Å²) in [6, 6.07) is 0. The van der Waals surface area contributed by atoms with Crippen LogP contribution in [-0.4, -0.2) is 21.0 Å². The molecule has 1 aromatic rings. The highest BCUT2D eigenvalue weighted by atomic mass is 16.1. The van der Waals surface area contributed by atoms with Gasteiger partial charge in [-0.3, -0.25) is 4.79 Å². The van der Waals surface area contributed by atoms with E-state index < -0.39 is 0 Å². The van der Waals surface area contributed by atoms with Crippen molar-refractivity contribution in [2.45, 2.75) is 32.1 Å². The van der Waals surface area contributed by atoms with Gasteiger partial charge >= 0.3 is 0 Å². The lowest BCUT2D eigenvalue weighted by Crippen LogP contribution is -2.14. The van der Waals surface area contributed by atoms with Crippen LogP contribution in [0, 0.1) is 0 Å². The van der Waals surface area contributed by atoms with E-state index >= 15 is 0 Å². The smallest absolute Gasteiger partial charge is 0.217 e. The van der Waals surface area contributed by atoms with Gasteiger partial charge in [-0.05, 0) is 12.8 Å². The van der Waals surface area contributed by atoms with Crippen LogP contribution in [0.3, 0.4) is 0 Å². The molecular weight excluding hydrogens is 166 g/mol. The first kappa shape index (κ1) is 8.29. The monoisotopic (exact) mass is 177 g/mol. The average molecular weight is 177 g/mol. The fourth-order valence-corrected chi connectivity index (χ4v) is 1.37. The van der Waals surface area contributed by atoms with Gasteiger partial charge in [0.05, 0.1) is 11.9 Å². The summed E-state index contributed by atoms with van der Waals surface area (Å²) >= 11 is 0. The SMILES string of the molecule is CC(=O)c1nncc(C2CCC2)n1. The molecule has 1 aliphatic carbocycles. The molecule has 0 amide bonds. The number of ketones is 1. The Morgan fingerprint density at radius 1 is 1.54 bits per heavy atom. The summed E-state index contributed by atoms with van der Waals surface area (Å²) in [5, 5.41) is 7.44. The van der Waals surface area contributed by atoms with E-state index in [-0.39, 0.29) is 11.6 Å². The van der Waals surface area contributed by atoms with Gasteiger partial charge in [-0.25, -0.2) is 4.98 Å². The highest BCUT2D eigenvalue weighted by Crippen LogP contribution is 2.34. The van der Waals surface area contributed by atoms with E-state index in [9.17, 15) is 4.79 Å². The van der Waals surface area contributed by atoms with Gasteiger partial charge in [0, 0.05) is 12.8 Å². The molecule has 0 radical (unpaired) electrons. The number of rotatable bonds is 2. The molecule has 0 N–H and O–H groups in total. The Morgan fingerprint density at radius 3 is 2.85 bits per heavy atom. The third-order valence-corrected chi connectivity index (χ3v) is 2.42. The minimum atomic E-state index is -0.117. The predicted molar refractivity (Wildman–Crippen MR) is 46.4 cm³/mol. The van der Waals surface area contributed by atoms with Crippen molar-refractivity contribution in [1.29, 1.82) is 0 Å². The molecule has 4 heteroatoms. The van der Waals surface area contributed by atoms with E-state index in [4.69, 9.17) is 0 Å². The van der Waals surface area contributed by atoms with Crippen molar-refractivity contribution in [1.82, 2.24) is 15.2 Å². The molecule has 0 saturated heterocycles. The first-order valence-electron chi connectivity index (χ1n) is 4.48. The normalized spacial score (nSPS) is 16.7. The Hall–Kier alpha value is -1.32. The van der Waals surface area contributed by atoms with Crippen molar-refractivity contribution in [3.05, 3.63) is 17.7 Å². The highest BCUT2D eigenvalue weighted by molar-refractivity contribution is 5.89. The summed E-state index contributed by atoms with van der Waals surface area (Å²) in [6.07, 6.45) is 5.24. The quantitative estimate of drug-likeness (QED) is 0.640. The molecule has 1 fully saturated rings. The molecule has 0 aliphatic heterocycles.